The molecule has 0 aliphatic rings. The molecule has 0 radical (unpaired) electrons. The molecule has 0 amide bonds. The molecule has 6 heteroatoms. The van der Waals surface area contributed by atoms with Crippen molar-refractivity contribution in [2.75, 3.05) is 0 Å². The van der Waals surface area contributed by atoms with Crippen LogP contribution in [0.5, 0.6) is 0 Å². The van der Waals surface area contributed by atoms with Crippen LogP contribution in [0, 0.1) is 0 Å². The number of aldehydes is 1. The fourth-order valence-electron chi connectivity index (χ4n) is 2.47. The maximum atomic E-state index is 13.2. The van der Waals surface area contributed by atoms with Crippen LogP contribution in [0.25, 0.3) is 22.2 Å². The molecule has 0 fully saturated rings. The lowest BCUT2D eigenvalue weighted by Gasteiger charge is -2.12. The van der Waals surface area contributed by atoms with Gasteiger partial charge >= 0.3 is 6.18 Å². The number of nitrogens with one attached hydrogen (secondary N) is 1. The summed E-state index contributed by atoms with van der Waals surface area (Å²) in [5, 5.41) is 0.903. The highest BCUT2D eigenvalue weighted by molar-refractivity contribution is 6.31. The van der Waals surface area contributed by atoms with E-state index in [1.54, 1.807) is 18.2 Å². The highest BCUT2D eigenvalue weighted by Gasteiger charge is 2.34. The zero-order valence-corrected chi connectivity index (χ0v) is 11.8. The topological polar surface area (TPSA) is 32.9 Å². The predicted molar refractivity (Wildman–Crippen MR) is 79.1 cm³/mol. The monoisotopic (exact) mass is 323 g/mol. The van der Waals surface area contributed by atoms with Gasteiger partial charge in [-0.1, -0.05) is 29.8 Å². The lowest BCUT2D eigenvalue weighted by Crippen LogP contribution is -2.07. The van der Waals surface area contributed by atoms with E-state index in [9.17, 15) is 18.0 Å². The van der Waals surface area contributed by atoms with Crippen LogP contribution in [0.4, 0.5) is 13.2 Å². The van der Waals surface area contributed by atoms with Crippen LogP contribution in [0.15, 0.2) is 42.5 Å². The molecule has 0 unspecified atom stereocenters. The summed E-state index contributed by atoms with van der Waals surface area (Å²) in [6.07, 6.45) is -3.97. The molecular weight excluding hydrogens is 315 g/mol. The Hall–Kier alpha value is -2.27. The zero-order valence-electron chi connectivity index (χ0n) is 11.0. The van der Waals surface area contributed by atoms with Crippen molar-refractivity contribution < 1.29 is 18.0 Å². The van der Waals surface area contributed by atoms with Gasteiger partial charge in [-0.2, -0.15) is 13.2 Å². The molecule has 0 saturated heterocycles. The number of fused-ring (bicyclic) bond motifs is 1. The second-order valence-electron chi connectivity index (χ2n) is 4.76. The minimum Gasteiger partial charge on any atom is -0.354 e. The van der Waals surface area contributed by atoms with E-state index >= 15 is 0 Å². The third-order valence-corrected chi connectivity index (χ3v) is 3.66. The lowest BCUT2D eigenvalue weighted by atomic mass is 10.0. The fourth-order valence-corrected chi connectivity index (χ4v) is 2.64. The first-order valence-electron chi connectivity index (χ1n) is 6.35. The van der Waals surface area contributed by atoms with Crippen LogP contribution in [-0.4, -0.2) is 11.3 Å². The van der Waals surface area contributed by atoms with E-state index in [0.29, 0.717) is 22.2 Å². The van der Waals surface area contributed by atoms with E-state index in [2.05, 4.69) is 4.98 Å². The van der Waals surface area contributed by atoms with E-state index in [1.165, 1.54) is 18.2 Å². The molecule has 1 N–H and O–H groups in total. The summed E-state index contributed by atoms with van der Waals surface area (Å²) in [6.45, 7) is 0. The number of benzene rings is 2. The van der Waals surface area contributed by atoms with E-state index < -0.39 is 11.7 Å². The number of rotatable bonds is 2. The van der Waals surface area contributed by atoms with Crippen LogP contribution in [0.1, 0.15) is 15.9 Å². The largest absolute Gasteiger partial charge is 0.417 e. The van der Waals surface area contributed by atoms with Crippen molar-refractivity contribution in [1.29, 1.82) is 0 Å². The molecule has 0 aliphatic heterocycles. The maximum absolute atomic E-state index is 13.2. The van der Waals surface area contributed by atoms with E-state index in [4.69, 9.17) is 11.6 Å². The summed E-state index contributed by atoms with van der Waals surface area (Å²) in [5.41, 5.74) is -0.00644. The first kappa shape index (κ1) is 14.7. The van der Waals surface area contributed by atoms with Crippen molar-refractivity contribution in [2.45, 2.75) is 6.18 Å². The molecule has 2 aromatic carbocycles. The first-order chi connectivity index (χ1) is 10.4. The molecule has 2 nitrogen and oxygen atoms in total. The Kier molecular flexibility index (Phi) is 3.45. The Labute approximate surface area is 128 Å². The van der Waals surface area contributed by atoms with Gasteiger partial charge in [0.2, 0.25) is 0 Å². The smallest absolute Gasteiger partial charge is 0.354 e. The summed E-state index contributed by atoms with van der Waals surface area (Å²) < 4.78 is 39.5. The number of H-pyrrole nitrogens is 1. The third kappa shape index (κ3) is 2.37. The maximum Gasteiger partial charge on any atom is 0.417 e. The molecule has 0 atom stereocenters. The Morgan fingerprint density at radius 3 is 2.50 bits per heavy atom. The van der Waals surface area contributed by atoms with E-state index in [1.807, 2.05) is 0 Å². The Bertz CT molecular complexity index is 867. The molecule has 22 heavy (non-hydrogen) atoms. The number of carbonyl (C=O) groups is 1. The van der Waals surface area contributed by atoms with Gasteiger partial charge in [-0.3, -0.25) is 4.79 Å². The molecule has 3 aromatic rings. The number of aromatic nitrogens is 1. The van der Waals surface area contributed by atoms with E-state index in [-0.39, 0.29) is 16.8 Å². The molecule has 0 spiro atoms. The summed E-state index contributed by atoms with van der Waals surface area (Å²) in [7, 11) is 0. The molecule has 1 heterocycles. The number of alkyl halides is 3. The minimum absolute atomic E-state index is 0.0653. The number of carbonyl (C=O) groups excluding carboxylic acids is 1. The van der Waals surface area contributed by atoms with Crippen LogP contribution in [0.3, 0.4) is 0 Å². The van der Waals surface area contributed by atoms with Crippen molar-refractivity contribution in [3.05, 3.63) is 58.6 Å². The highest BCUT2D eigenvalue weighted by Crippen LogP contribution is 2.39. The molecule has 0 bridgehead atoms. The zero-order chi connectivity index (χ0) is 15.9. The molecule has 112 valence electrons. The van der Waals surface area contributed by atoms with Gasteiger partial charge in [-0.25, -0.2) is 0 Å². The molecule has 0 aliphatic carbocycles. The summed E-state index contributed by atoms with van der Waals surface area (Å²) in [6, 6.07) is 9.92. The van der Waals surface area contributed by atoms with Crippen molar-refractivity contribution >= 4 is 28.8 Å². The number of aromatic amines is 1. The van der Waals surface area contributed by atoms with Crippen molar-refractivity contribution in [2.24, 2.45) is 0 Å². The van der Waals surface area contributed by atoms with Gasteiger partial charge in [0.25, 0.3) is 0 Å². The molecule has 0 saturated carbocycles. The van der Waals surface area contributed by atoms with Gasteiger partial charge in [0.15, 0.2) is 6.29 Å². The SMILES string of the molecule is O=Cc1c(-c2ccccc2C(F)(F)F)[nH]c2ccc(Cl)cc12. The van der Waals surface area contributed by atoms with Gasteiger partial charge in [0.05, 0.1) is 11.3 Å². The number of halogens is 4. The molecule has 3 rings (SSSR count). The van der Waals surface area contributed by atoms with Crippen LogP contribution < -0.4 is 0 Å². The van der Waals surface area contributed by atoms with E-state index in [0.717, 1.165) is 6.07 Å². The molecular formula is C16H9ClF3NO. The predicted octanol–water partition coefficient (Wildman–Crippen LogP) is 5.32. The Morgan fingerprint density at radius 1 is 1.09 bits per heavy atom. The average Bonchev–Trinajstić information content (AvgIpc) is 2.84. The highest BCUT2D eigenvalue weighted by atomic mass is 35.5. The number of hydrogen-bond acceptors (Lipinski definition) is 1. The van der Waals surface area contributed by atoms with Gasteiger partial charge in [-0.15, -0.1) is 0 Å². The van der Waals surface area contributed by atoms with Gasteiger partial charge in [0.1, 0.15) is 0 Å². The quantitative estimate of drug-likeness (QED) is 0.636. The van der Waals surface area contributed by atoms with Crippen molar-refractivity contribution in [1.82, 2.24) is 4.98 Å². The third-order valence-electron chi connectivity index (χ3n) is 3.42. The Morgan fingerprint density at radius 2 is 1.82 bits per heavy atom. The minimum atomic E-state index is -4.51. The summed E-state index contributed by atoms with van der Waals surface area (Å²) >= 11 is 5.90. The van der Waals surface area contributed by atoms with Crippen molar-refractivity contribution in [3.8, 4) is 11.3 Å². The van der Waals surface area contributed by atoms with Gasteiger partial charge in [-0.05, 0) is 24.3 Å². The van der Waals surface area contributed by atoms with Crippen LogP contribution >= 0.6 is 11.6 Å². The van der Waals surface area contributed by atoms with Gasteiger partial charge in [0, 0.05) is 27.1 Å². The molecule has 1 aromatic heterocycles. The summed E-state index contributed by atoms with van der Waals surface area (Å²) in [4.78, 5) is 14.3. The average molecular weight is 324 g/mol. The van der Waals surface area contributed by atoms with Crippen LogP contribution in [-0.2, 0) is 6.18 Å². The summed E-state index contributed by atoms with van der Waals surface area (Å²) in [5.74, 6) is 0. The second-order valence-corrected chi connectivity index (χ2v) is 5.20. The second kappa shape index (κ2) is 5.18. The lowest BCUT2D eigenvalue weighted by molar-refractivity contribution is -0.137. The fraction of sp³-hybridized carbons (Fsp3) is 0.0625. The normalized spacial score (nSPS) is 11.8. The number of hydrogen-bond donors (Lipinski definition) is 1. The standard InChI is InChI=1S/C16H9ClF3NO/c17-9-5-6-14-11(7-9)12(8-22)15(21-14)10-3-1-2-4-13(10)16(18,19)20/h1-8,21H. The first-order valence-corrected chi connectivity index (χ1v) is 6.72. The van der Waals surface area contributed by atoms with Crippen LogP contribution in [0.2, 0.25) is 5.02 Å². The Balaban J connectivity index is 2.34. The van der Waals surface area contributed by atoms with Gasteiger partial charge < -0.3 is 4.98 Å². The van der Waals surface area contributed by atoms with Crippen molar-refractivity contribution in [3.63, 3.8) is 0 Å².